The van der Waals surface area contributed by atoms with E-state index in [0.717, 1.165) is 16.6 Å². The molecule has 2 aromatic carbocycles. The molecule has 1 fully saturated rings. The minimum Gasteiger partial charge on any atom is -0.497 e. The van der Waals surface area contributed by atoms with E-state index in [1.807, 2.05) is 63.0 Å². The standard InChI is InChI=1S/C27H30ClN5O4/c1-16-21-10-9-20(36-5)14-22(21)37-23(16)25(34)31-11-12-32(27(3,4)15-31)26(35)24-29-17(2)33(30-24)19-8-6-7-18(28)13-19/h6-10,13-14,17H,11-12,15H2,1-5H3,(H,29,30). The van der Waals surface area contributed by atoms with Crippen molar-refractivity contribution in [2.45, 2.75) is 39.4 Å². The lowest BCUT2D eigenvalue weighted by Gasteiger charge is -2.46. The second-order valence-corrected chi connectivity index (χ2v) is 10.4. The maximum absolute atomic E-state index is 13.5. The fraction of sp³-hybridized carbons (Fsp3) is 0.370. The first-order chi connectivity index (χ1) is 17.6. The molecule has 2 aliphatic heterocycles. The van der Waals surface area contributed by atoms with E-state index in [2.05, 4.69) is 10.4 Å². The average Bonchev–Trinajstić information content (AvgIpc) is 3.42. The van der Waals surface area contributed by atoms with E-state index in [4.69, 9.17) is 20.8 Å². The molecule has 0 aliphatic carbocycles. The van der Waals surface area contributed by atoms with E-state index < -0.39 is 5.54 Å². The summed E-state index contributed by atoms with van der Waals surface area (Å²) in [6.45, 7) is 8.81. The van der Waals surface area contributed by atoms with Crippen LogP contribution in [-0.4, -0.2) is 65.9 Å². The van der Waals surface area contributed by atoms with Gasteiger partial charge < -0.3 is 19.0 Å². The lowest BCUT2D eigenvalue weighted by Crippen LogP contribution is -2.64. The summed E-state index contributed by atoms with van der Waals surface area (Å²) in [5, 5.41) is 3.29. The highest BCUT2D eigenvalue weighted by Gasteiger charge is 2.42. The number of rotatable bonds is 4. The van der Waals surface area contributed by atoms with Crippen LogP contribution >= 0.6 is 11.6 Å². The van der Waals surface area contributed by atoms with Gasteiger partial charge in [-0.25, -0.2) is 4.99 Å². The molecule has 2 aliphatic rings. The zero-order valence-corrected chi connectivity index (χ0v) is 22.3. The molecule has 5 rings (SSSR count). The topological polar surface area (TPSA) is 90.6 Å². The summed E-state index contributed by atoms with van der Waals surface area (Å²) in [5.74, 6) is 0.847. The number of halogens is 1. The highest BCUT2D eigenvalue weighted by Crippen LogP contribution is 2.31. The van der Waals surface area contributed by atoms with Gasteiger partial charge in [0.1, 0.15) is 17.5 Å². The molecule has 3 aromatic rings. The van der Waals surface area contributed by atoms with E-state index in [1.54, 1.807) is 29.0 Å². The number of nitrogens with one attached hydrogen (secondary N) is 1. The number of amides is 2. The smallest absolute Gasteiger partial charge is 0.291 e. The van der Waals surface area contributed by atoms with Gasteiger partial charge in [-0.15, -0.1) is 0 Å². The fourth-order valence-corrected chi connectivity index (χ4v) is 5.19. The Labute approximate surface area is 220 Å². The summed E-state index contributed by atoms with van der Waals surface area (Å²) >= 11 is 6.15. The molecule has 1 unspecified atom stereocenters. The molecule has 2 amide bonds. The fourth-order valence-electron chi connectivity index (χ4n) is 5.00. The van der Waals surface area contributed by atoms with Crippen molar-refractivity contribution in [3.05, 3.63) is 58.8 Å². The van der Waals surface area contributed by atoms with Crippen LogP contribution in [0.3, 0.4) is 0 Å². The molecule has 0 radical (unpaired) electrons. The Bertz CT molecular complexity index is 1420. The highest BCUT2D eigenvalue weighted by atomic mass is 35.5. The van der Waals surface area contributed by atoms with Crippen LogP contribution < -0.4 is 15.2 Å². The van der Waals surface area contributed by atoms with E-state index in [9.17, 15) is 9.59 Å². The first-order valence-electron chi connectivity index (χ1n) is 12.2. The zero-order chi connectivity index (χ0) is 26.5. The minimum atomic E-state index is -0.620. The summed E-state index contributed by atoms with van der Waals surface area (Å²) in [7, 11) is 1.59. The van der Waals surface area contributed by atoms with Crippen molar-refractivity contribution < 1.29 is 18.7 Å². The number of aryl methyl sites for hydroxylation is 1. The number of carbonyl (C=O) groups excluding carboxylic acids is 2. The van der Waals surface area contributed by atoms with Crippen molar-refractivity contribution in [3.8, 4) is 5.75 Å². The number of aliphatic imine (C=N–C) groups is 1. The lowest BCUT2D eigenvalue weighted by atomic mass is 9.98. The number of nitrogens with zero attached hydrogens (tertiary/aromatic N) is 4. The molecule has 37 heavy (non-hydrogen) atoms. The molecule has 3 heterocycles. The van der Waals surface area contributed by atoms with E-state index >= 15 is 0 Å². The van der Waals surface area contributed by atoms with Gasteiger partial charge in [0, 0.05) is 41.7 Å². The molecule has 10 heteroatoms. The summed E-state index contributed by atoms with van der Waals surface area (Å²) < 4.78 is 11.2. The number of piperazine rings is 1. The Morgan fingerprint density at radius 2 is 1.95 bits per heavy atom. The number of fused-ring (bicyclic) bond motifs is 1. The summed E-state index contributed by atoms with van der Waals surface area (Å²) in [5.41, 5.74) is 4.74. The zero-order valence-electron chi connectivity index (χ0n) is 21.5. The van der Waals surface area contributed by atoms with Crippen molar-refractivity contribution in [2.24, 2.45) is 4.99 Å². The molecular weight excluding hydrogens is 494 g/mol. The molecule has 1 N–H and O–H groups in total. The van der Waals surface area contributed by atoms with Gasteiger partial charge in [0.15, 0.2) is 5.76 Å². The predicted molar refractivity (Wildman–Crippen MR) is 143 cm³/mol. The number of carbonyl (C=O) groups is 2. The molecule has 1 aromatic heterocycles. The normalized spacial score (nSPS) is 19.1. The summed E-state index contributed by atoms with van der Waals surface area (Å²) in [4.78, 5) is 35.1. The van der Waals surface area contributed by atoms with Crippen molar-refractivity contribution in [2.75, 3.05) is 31.8 Å². The Morgan fingerprint density at radius 3 is 2.65 bits per heavy atom. The van der Waals surface area contributed by atoms with Crippen molar-refractivity contribution in [1.82, 2.24) is 15.2 Å². The van der Waals surface area contributed by atoms with Crippen LogP contribution in [0.15, 0.2) is 51.9 Å². The third kappa shape index (κ3) is 4.48. The molecule has 0 saturated carbocycles. The van der Waals surface area contributed by atoms with Crippen LogP contribution in [0.1, 0.15) is 36.9 Å². The molecule has 194 valence electrons. The number of hydrazine groups is 1. The van der Waals surface area contributed by atoms with E-state index in [0.29, 0.717) is 41.7 Å². The van der Waals surface area contributed by atoms with Gasteiger partial charge in [-0.3, -0.25) is 20.0 Å². The monoisotopic (exact) mass is 523 g/mol. The van der Waals surface area contributed by atoms with Crippen LogP contribution in [0.2, 0.25) is 5.02 Å². The van der Waals surface area contributed by atoms with Crippen LogP contribution in [0.4, 0.5) is 5.69 Å². The number of amidine groups is 1. The number of methoxy groups -OCH3 is 1. The number of benzene rings is 2. The Kier molecular flexibility index (Phi) is 6.27. The van der Waals surface area contributed by atoms with E-state index in [-0.39, 0.29) is 23.8 Å². The Balaban J connectivity index is 1.31. The van der Waals surface area contributed by atoms with E-state index in [1.165, 1.54) is 0 Å². The van der Waals surface area contributed by atoms with Gasteiger partial charge in [-0.05, 0) is 58.0 Å². The van der Waals surface area contributed by atoms with Crippen LogP contribution in [-0.2, 0) is 4.79 Å². The van der Waals surface area contributed by atoms with Crippen LogP contribution in [0.25, 0.3) is 11.0 Å². The number of furan rings is 1. The lowest BCUT2D eigenvalue weighted by molar-refractivity contribution is -0.132. The third-order valence-electron chi connectivity index (χ3n) is 6.98. The number of ether oxygens (including phenoxy) is 1. The Morgan fingerprint density at radius 1 is 1.16 bits per heavy atom. The van der Waals surface area contributed by atoms with Crippen molar-refractivity contribution in [1.29, 1.82) is 0 Å². The number of anilines is 1. The molecular formula is C27H30ClN5O4. The van der Waals surface area contributed by atoms with Gasteiger partial charge in [0.2, 0.25) is 5.84 Å². The van der Waals surface area contributed by atoms with Gasteiger partial charge in [0.05, 0.1) is 18.3 Å². The van der Waals surface area contributed by atoms with Crippen molar-refractivity contribution >= 4 is 45.9 Å². The van der Waals surface area contributed by atoms with Gasteiger partial charge in [-0.2, -0.15) is 0 Å². The van der Waals surface area contributed by atoms with Gasteiger partial charge in [-0.1, -0.05) is 17.7 Å². The number of hydrogen-bond acceptors (Lipinski definition) is 7. The molecule has 0 spiro atoms. The summed E-state index contributed by atoms with van der Waals surface area (Å²) in [6, 6.07) is 12.9. The SMILES string of the molecule is COc1ccc2c(C)c(C(=O)N3CCN(C(=O)C4=NC(C)N(c5cccc(Cl)c5)N4)C(C)(C)C3)oc2c1. The molecule has 0 bridgehead atoms. The second-order valence-electron chi connectivity index (χ2n) is 9.99. The maximum atomic E-state index is 13.5. The second kappa shape index (κ2) is 9.30. The predicted octanol–water partition coefficient (Wildman–Crippen LogP) is 4.24. The molecule has 1 atom stereocenters. The first-order valence-corrected chi connectivity index (χ1v) is 12.5. The quantitative estimate of drug-likeness (QED) is 0.550. The Hall–Kier alpha value is -3.72. The van der Waals surface area contributed by atoms with Crippen LogP contribution in [0, 0.1) is 6.92 Å². The minimum absolute atomic E-state index is 0.190. The maximum Gasteiger partial charge on any atom is 0.291 e. The van der Waals surface area contributed by atoms with Gasteiger partial charge >= 0.3 is 0 Å². The average molecular weight is 524 g/mol. The number of hydrogen-bond donors (Lipinski definition) is 1. The summed E-state index contributed by atoms with van der Waals surface area (Å²) in [6.07, 6.45) is -0.280. The first kappa shape index (κ1) is 25.0. The largest absolute Gasteiger partial charge is 0.497 e. The van der Waals surface area contributed by atoms with Crippen LogP contribution in [0.5, 0.6) is 5.75 Å². The van der Waals surface area contributed by atoms with Gasteiger partial charge in [0.25, 0.3) is 11.8 Å². The molecule has 1 saturated heterocycles. The molecule has 9 nitrogen and oxygen atoms in total. The van der Waals surface area contributed by atoms with Crippen molar-refractivity contribution in [3.63, 3.8) is 0 Å². The third-order valence-corrected chi connectivity index (χ3v) is 7.21. The highest BCUT2D eigenvalue weighted by molar-refractivity contribution is 6.38.